The van der Waals surface area contributed by atoms with Crippen LogP contribution in [0.3, 0.4) is 0 Å². The maximum absolute atomic E-state index is 12.1. The molecule has 2 aromatic rings. The molecule has 3 N–H and O–H groups in total. The molecule has 0 spiro atoms. The van der Waals surface area contributed by atoms with Crippen molar-refractivity contribution in [3.05, 3.63) is 53.6 Å². The Morgan fingerprint density at radius 2 is 1.80 bits per heavy atom. The van der Waals surface area contributed by atoms with Crippen LogP contribution < -0.4 is 10.6 Å². The first-order valence-electron chi connectivity index (χ1n) is 7.95. The van der Waals surface area contributed by atoms with Crippen molar-refractivity contribution in [1.29, 1.82) is 0 Å². The predicted molar refractivity (Wildman–Crippen MR) is 93.2 cm³/mol. The Balaban J connectivity index is 1.70. The second-order valence-electron chi connectivity index (χ2n) is 6.05. The first-order valence-corrected chi connectivity index (χ1v) is 7.95. The summed E-state index contributed by atoms with van der Waals surface area (Å²) in [5, 5.41) is 14.0. The van der Waals surface area contributed by atoms with Gasteiger partial charge in [-0.2, -0.15) is 0 Å². The molecule has 0 saturated heterocycles. The van der Waals surface area contributed by atoms with E-state index in [-0.39, 0.29) is 6.42 Å². The highest BCUT2D eigenvalue weighted by atomic mass is 16.4. The van der Waals surface area contributed by atoms with Gasteiger partial charge in [0.1, 0.15) is 6.04 Å². The molecule has 1 aliphatic rings. The molecule has 0 bridgehead atoms. The van der Waals surface area contributed by atoms with Gasteiger partial charge in [-0.1, -0.05) is 30.3 Å². The van der Waals surface area contributed by atoms with Gasteiger partial charge in [0.2, 0.25) is 11.8 Å². The third kappa shape index (κ3) is 3.68. The second-order valence-corrected chi connectivity index (χ2v) is 6.05. The van der Waals surface area contributed by atoms with Crippen LogP contribution in [-0.4, -0.2) is 28.9 Å². The van der Waals surface area contributed by atoms with Gasteiger partial charge in [-0.3, -0.25) is 9.59 Å². The van der Waals surface area contributed by atoms with Gasteiger partial charge in [-0.15, -0.1) is 0 Å². The van der Waals surface area contributed by atoms with Crippen molar-refractivity contribution in [2.45, 2.75) is 25.8 Å². The zero-order chi connectivity index (χ0) is 18.0. The molecular weight excluding hydrogens is 320 g/mol. The second kappa shape index (κ2) is 6.76. The Kier molecular flexibility index (Phi) is 4.52. The lowest BCUT2D eigenvalue weighted by Gasteiger charge is -2.13. The molecule has 0 radical (unpaired) electrons. The summed E-state index contributed by atoms with van der Waals surface area (Å²) in [7, 11) is 0. The van der Waals surface area contributed by atoms with Crippen molar-refractivity contribution in [2.24, 2.45) is 0 Å². The van der Waals surface area contributed by atoms with Crippen LogP contribution in [0.5, 0.6) is 0 Å². The Hall–Kier alpha value is -3.15. The SMILES string of the molecule is CC(=O)N[C@@H](CC(=O)Nc1ccc2c(c1)Cc1ccccc1-2)C(=O)O. The van der Waals surface area contributed by atoms with Crippen LogP contribution in [0.15, 0.2) is 42.5 Å². The quantitative estimate of drug-likeness (QED) is 0.664. The van der Waals surface area contributed by atoms with E-state index >= 15 is 0 Å². The summed E-state index contributed by atoms with van der Waals surface area (Å²) in [6.45, 7) is 1.21. The third-order valence-electron chi connectivity index (χ3n) is 4.14. The number of carbonyl (C=O) groups is 3. The normalized spacial score (nSPS) is 12.7. The molecule has 0 aliphatic heterocycles. The lowest BCUT2D eigenvalue weighted by molar-refractivity contribution is -0.142. The Morgan fingerprint density at radius 1 is 1.08 bits per heavy atom. The van der Waals surface area contributed by atoms with E-state index in [1.54, 1.807) is 6.07 Å². The van der Waals surface area contributed by atoms with Crippen molar-refractivity contribution in [3.8, 4) is 11.1 Å². The van der Waals surface area contributed by atoms with Gasteiger partial charge in [0.05, 0.1) is 6.42 Å². The summed E-state index contributed by atoms with van der Waals surface area (Å²) in [4.78, 5) is 34.2. The summed E-state index contributed by atoms with van der Waals surface area (Å²) in [5.41, 5.74) is 5.33. The number of carboxylic acids is 1. The first-order chi connectivity index (χ1) is 11.9. The summed E-state index contributed by atoms with van der Waals surface area (Å²) >= 11 is 0. The molecule has 6 heteroatoms. The zero-order valence-electron chi connectivity index (χ0n) is 13.7. The summed E-state index contributed by atoms with van der Waals surface area (Å²) in [6, 6.07) is 12.6. The number of benzene rings is 2. The highest BCUT2D eigenvalue weighted by Crippen LogP contribution is 2.37. The topological polar surface area (TPSA) is 95.5 Å². The number of carboxylic acid groups (broad SMARTS) is 1. The molecule has 25 heavy (non-hydrogen) atoms. The van der Waals surface area contributed by atoms with Crippen molar-refractivity contribution in [1.82, 2.24) is 5.32 Å². The lowest BCUT2D eigenvalue weighted by atomic mass is 10.1. The van der Waals surface area contributed by atoms with Crippen LogP contribution in [0, 0.1) is 0 Å². The molecule has 0 aromatic heterocycles. The molecule has 1 atom stereocenters. The minimum Gasteiger partial charge on any atom is -0.480 e. The fourth-order valence-electron chi connectivity index (χ4n) is 3.07. The number of rotatable bonds is 5. The highest BCUT2D eigenvalue weighted by molar-refractivity contribution is 5.95. The number of hydrogen-bond acceptors (Lipinski definition) is 3. The highest BCUT2D eigenvalue weighted by Gasteiger charge is 2.23. The van der Waals surface area contributed by atoms with Crippen molar-refractivity contribution in [2.75, 3.05) is 5.32 Å². The predicted octanol–water partition coefficient (Wildman–Crippen LogP) is 2.18. The molecule has 1 aliphatic carbocycles. The lowest BCUT2D eigenvalue weighted by Crippen LogP contribution is -2.42. The molecular formula is C19H18N2O4. The Labute approximate surface area is 144 Å². The van der Waals surface area contributed by atoms with Crippen LogP contribution >= 0.6 is 0 Å². The Morgan fingerprint density at radius 3 is 2.52 bits per heavy atom. The first kappa shape index (κ1) is 16.7. The van der Waals surface area contributed by atoms with Crippen molar-refractivity contribution in [3.63, 3.8) is 0 Å². The van der Waals surface area contributed by atoms with E-state index in [9.17, 15) is 14.4 Å². The average Bonchev–Trinajstić information content (AvgIpc) is 2.91. The van der Waals surface area contributed by atoms with E-state index < -0.39 is 23.8 Å². The van der Waals surface area contributed by atoms with Gasteiger partial charge in [0.25, 0.3) is 0 Å². The number of fused-ring (bicyclic) bond motifs is 3. The molecule has 2 amide bonds. The summed E-state index contributed by atoms with van der Waals surface area (Å²) in [6.07, 6.45) is 0.477. The van der Waals surface area contributed by atoms with Gasteiger partial charge in [-0.05, 0) is 40.8 Å². The summed E-state index contributed by atoms with van der Waals surface area (Å²) < 4.78 is 0. The molecule has 0 unspecified atom stereocenters. The maximum Gasteiger partial charge on any atom is 0.326 e. The Bertz CT molecular complexity index is 860. The van der Waals surface area contributed by atoms with Gasteiger partial charge in [-0.25, -0.2) is 4.79 Å². The molecule has 0 heterocycles. The van der Waals surface area contributed by atoms with Crippen molar-refractivity contribution >= 4 is 23.5 Å². The molecule has 6 nitrogen and oxygen atoms in total. The van der Waals surface area contributed by atoms with E-state index in [4.69, 9.17) is 5.11 Å². The van der Waals surface area contributed by atoms with Gasteiger partial charge in [0.15, 0.2) is 0 Å². The zero-order valence-corrected chi connectivity index (χ0v) is 13.7. The fourth-order valence-corrected chi connectivity index (χ4v) is 3.07. The molecule has 3 rings (SSSR count). The minimum absolute atomic E-state index is 0.327. The van der Waals surface area contributed by atoms with Gasteiger partial charge < -0.3 is 15.7 Å². The van der Waals surface area contributed by atoms with Crippen LogP contribution in [0.1, 0.15) is 24.5 Å². The average molecular weight is 338 g/mol. The monoisotopic (exact) mass is 338 g/mol. The molecule has 0 fully saturated rings. The van der Waals surface area contributed by atoms with Gasteiger partial charge in [0, 0.05) is 12.6 Å². The third-order valence-corrected chi connectivity index (χ3v) is 4.14. The molecule has 128 valence electrons. The minimum atomic E-state index is -1.24. The smallest absolute Gasteiger partial charge is 0.326 e. The van der Waals surface area contributed by atoms with E-state index in [0.717, 1.165) is 17.5 Å². The summed E-state index contributed by atoms with van der Waals surface area (Å²) in [5.74, 6) is -2.19. The number of nitrogens with one attached hydrogen (secondary N) is 2. The van der Waals surface area contributed by atoms with E-state index in [0.29, 0.717) is 5.69 Å². The standard InChI is InChI=1S/C19H18N2O4/c1-11(22)20-17(19(24)25)10-18(23)21-14-6-7-16-13(9-14)8-12-4-2-3-5-15(12)16/h2-7,9,17H,8,10H2,1H3,(H,20,22)(H,21,23)(H,24,25)/t17-/m0/s1. The van der Waals surface area contributed by atoms with Crippen LogP contribution in [0.2, 0.25) is 0 Å². The van der Waals surface area contributed by atoms with E-state index in [1.807, 2.05) is 24.3 Å². The maximum atomic E-state index is 12.1. The van der Waals surface area contributed by atoms with Crippen LogP contribution in [-0.2, 0) is 20.8 Å². The number of amides is 2. The van der Waals surface area contributed by atoms with Crippen molar-refractivity contribution < 1.29 is 19.5 Å². The van der Waals surface area contributed by atoms with E-state index in [2.05, 4.69) is 22.8 Å². The number of hydrogen-bond donors (Lipinski definition) is 3. The fraction of sp³-hybridized carbons (Fsp3) is 0.211. The largest absolute Gasteiger partial charge is 0.480 e. The van der Waals surface area contributed by atoms with Gasteiger partial charge >= 0.3 is 5.97 Å². The van der Waals surface area contributed by atoms with Crippen LogP contribution in [0.25, 0.3) is 11.1 Å². The number of carbonyl (C=O) groups excluding carboxylic acids is 2. The molecule has 2 aromatic carbocycles. The van der Waals surface area contributed by atoms with E-state index in [1.165, 1.54) is 18.1 Å². The van der Waals surface area contributed by atoms with Crippen LogP contribution in [0.4, 0.5) is 5.69 Å². The number of anilines is 1. The molecule has 0 saturated carbocycles. The number of aliphatic carboxylic acids is 1.